The molecule has 12 N–H and O–H groups in total. The molecule has 0 saturated heterocycles. The minimum atomic E-state index is -4.69. The van der Waals surface area contributed by atoms with Crippen LogP contribution in [0.1, 0.15) is 25.7 Å². The van der Waals surface area contributed by atoms with Crippen LogP contribution in [0, 0.1) is 0 Å². The minimum absolute atomic E-state index is 0.504. The zero-order chi connectivity index (χ0) is 25.6. The lowest BCUT2D eigenvalue weighted by atomic mass is 10.2. The van der Waals surface area contributed by atoms with Crippen molar-refractivity contribution in [1.82, 2.24) is 9.80 Å². The maximum absolute atomic E-state index is 11.0. The van der Waals surface area contributed by atoms with Gasteiger partial charge in [-0.05, 0) is 25.9 Å². The molecule has 0 rings (SSSR count). The Hall–Kier alpha value is 0.440. The van der Waals surface area contributed by atoms with Crippen LogP contribution < -0.4 is 11.5 Å². The molecule has 0 aliphatic heterocycles. The highest BCUT2D eigenvalue weighted by molar-refractivity contribution is 7.53. The number of hydrogen-bond acceptors (Lipinski definition) is 8. The number of unbranched alkanes of at least 4 members (excludes halogenated alkanes) is 3. The van der Waals surface area contributed by atoms with Gasteiger partial charge in [0.1, 0.15) is 25.1 Å². The molecule has 16 nitrogen and oxygen atoms in total. The lowest BCUT2D eigenvalue weighted by Crippen LogP contribution is -2.37. The van der Waals surface area contributed by atoms with Crippen LogP contribution in [-0.4, -0.2) is 100 Å². The number of hydrogen-bond donors (Lipinski definition) is 10. The monoisotopic (exact) mass is 552 g/mol. The summed E-state index contributed by atoms with van der Waals surface area (Å²) in [6, 6.07) is 0. The van der Waals surface area contributed by atoms with Crippen molar-refractivity contribution >= 4 is 30.4 Å². The van der Waals surface area contributed by atoms with Crippen molar-refractivity contribution in [3.05, 3.63) is 0 Å². The molecule has 196 valence electrons. The Morgan fingerprint density at radius 2 is 0.688 bits per heavy atom. The van der Waals surface area contributed by atoms with Crippen molar-refractivity contribution in [3.8, 4) is 0 Å². The molecule has 0 spiro atoms. The van der Waals surface area contributed by atoms with Gasteiger partial charge in [-0.15, -0.1) is 0 Å². The molecule has 0 saturated carbocycles. The maximum Gasteiger partial charge on any atom is 0.339 e. The molecule has 0 aliphatic rings. The second kappa shape index (κ2) is 16.2. The Kier molecular flexibility index (Phi) is 17.5. The molecule has 0 heterocycles. The smallest absolute Gasteiger partial charge is 0.330 e. The number of nitrogens with two attached hydrogens (primary N) is 2. The van der Waals surface area contributed by atoms with Crippen LogP contribution in [0.2, 0.25) is 0 Å². The van der Waals surface area contributed by atoms with Crippen molar-refractivity contribution < 1.29 is 57.4 Å². The van der Waals surface area contributed by atoms with Crippen LogP contribution in [0.25, 0.3) is 0 Å². The lowest BCUT2D eigenvalue weighted by Gasteiger charge is -2.28. The van der Waals surface area contributed by atoms with Gasteiger partial charge in [-0.2, -0.15) is 0 Å². The molecule has 0 aromatic rings. The highest BCUT2D eigenvalue weighted by Gasteiger charge is 2.29. The van der Waals surface area contributed by atoms with Crippen molar-refractivity contribution in [3.63, 3.8) is 0 Å². The fourth-order valence-corrected chi connectivity index (χ4v) is 5.71. The van der Waals surface area contributed by atoms with Gasteiger partial charge < -0.3 is 50.6 Å². The van der Waals surface area contributed by atoms with E-state index in [4.69, 9.17) is 50.6 Å². The first-order valence-corrected chi connectivity index (χ1v) is 16.5. The Balaban J connectivity index is 0. The number of nitrogens with zero attached hydrogens (tertiary/aromatic N) is 2. The molecule has 0 radical (unpaired) electrons. The highest BCUT2D eigenvalue weighted by Crippen LogP contribution is 2.42. The maximum atomic E-state index is 11.0. The van der Waals surface area contributed by atoms with Gasteiger partial charge in [0.25, 0.3) is 0 Å². The quantitative estimate of drug-likeness (QED) is 0.0777. The molecule has 0 aromatic carbocycles. The van der Waals surface area contributed by atoms with Gasteiger partial charge in [-0.25, -0.2) is 0 Å². The molecule has 20 heteroatoms. The Bertz CT molecular complexity index is 583. The van der Waals surface area contributed by atoms with E-state index in [1.165, 1.54) is 12.8 Å². The summed E-state index contributed by atoms with van der Waals surface area (Å²) in [7, 11) is -18.8. The molecule has 0 aromatic heterocycles. The van der Waals surface area contributed by atoms with Crippen LogP contribution in [0.3, 0.4) is 0 Å². The van der Waals surface area contributed by atoms with Gasteiger partial charge in [-0.1, -0.05) is 12.8 Å². The van der Waals surface area contributed by atoms with Crippen LogP contribution in [0.4, 0.5) is 0 Å². The van der Waals surface area contributed by atoms with E-state index >= 15 is 0 Å². The summed E-state index contributed by atoms with van der Waals surface area (Å²) in [6.07, 6.45) is 0.618. The third kappa shape index (κ3) is 28.5. The Labute approximate surface area is 186 Å². The van der Waals surface area contributed by atoms with E-state index in [-0.39, 0.29) is 0 Å². The highest BCUT2D eigenvalue weighted by atomic mass is 31.2. The summed E-state index contributed by atoms with van der Waals surface area (Å²) in [5, 5.41) is 0. The zero-order valence-corrected chi connectivity index (χ0v) is 21.1. The molecule has 0 unspecified atom stereocenters. The standard InChI is InChI=1S/C6H20N2O12P4.C6H16N2/c9-21(10,11)3-7(4-22(12,13)14)1-2-8(5-23(15,16)17)6-24(18,19)20;7-5-3-1-2-4-6-8/h1-6H2,(H2,9,10,11)(H2,12,13,14)(H2,15,16,17)(H2,18,19,20);1-8H2. The van der Waals surface area contributed by atoms with E-state index in [1.807, 2.05) is 0 Å². The van der Waals surface area contributed by atoms with E-state index in [9.17, 15) is 18.3 Å². The predicted octanol–water partition coefficient (Wildman–Crippen LogP) is -1.40. The van der Waals surface area contributed by atoms with Crippen molar-refractivity contribution in [2.75, 3.05) is 51.3 Å². The van der Waals surface area contributed by atoms with E-state index < -0.39 is 68.6 Å². The van der Waals surface area contributed by atoms with Crippen LogP contribution in [-0.2, 0) is 18.3 Å². The van der Waals surface area contributed by atoms with Crippen LogP contribution in [0.5, 0.6) is 0 Å². The molecule has 0 fully saturated rings. The van der Waals surface area contributed by atoms with Gasteiger partial charge in [0, 0.05) is 13.1 Å². The fourth-order valence-electron chi connectivity index (χ4n) is 2.34. The third-order valence-electron chi connectivity index (χ3n) is 3.43. The first kappa shape index (κ1) is 34.6. The molecular weight excluding hydrogens is 516 g/mol. The molecule has 0 aliphatic carbocycles. The van der Waals surface area contributed by atoms with Crippen LogP contribution >= 0.6 is 30.4 Å². The second-order valence-electron chi connectivity index (χ2n) is 7.00. The fraction of sp³-hybridized carbons (Fsp3) is 1.00. The van der Waals surface area contributed by atoms with Gasteiger partial charge in [-0.3, -0.25) is 28.1 Å². The van der Waals surface area contributed by atoms with Gasteiger partial charge >= 0.3 is 30.4 Å². The minimum Gasteiger partial charge on any atom is -0.330 e. The van der Waals surface area contributed by atoms with E-state index in [1.54, 1.807) is 0 Å². The van der Waals surface area contributed by atoms with E-state index in [0.717, 1.165) is 25.9 Å². The summed E-state index contributed by atoms with van der Waals surface area (Å²) in [4.78, 5) is 72.3. The van der Waals surface area contributed by atoms with Gasteiger partial charge in [0.15, 0.2) is 0 Å². The first-order chi connectivity index (χ1) is 14.3. The molecule has 0 amide bonds. The third-order valence-corrected chi connectivity index (χ3v) is 6.50. The SMILES string of the molecule is NCCCCCCN.O=P(O)(O)CN(CCN(CP(=O)(O)O)CP(=O)(O)O)CP(=O)(O)O. The zero-order valence-electron chi connectivity index (χ0n) is 17.5. The normalized spacial score (nSPS) is 13.4. The van der Waals surface area contributed by atoms with Gasteiger partial charge in [0.2, 0.25) is 0 Å². The van der Waals surface area contributed by atoms with Crippen molar-refractivity contribution in [2.45, 2.75) is 25.7 Å². The lowest BCUT2D eigenvalue weighted by molar-refractivity contribution is 0.226. The summed E-state index contributed by atoms with van der Waals surface area (Å²) in [5.41, 5.74) is 10.6. The van der Waals surface area contributed by atoms with Crippen molar-refractivity contribution in [2.24, 2.45) is 11.5 Å². The first-order valence-electron chi connectivity index (χ1n) is 9.31. The van der Waals surface area contributed by atoms with E-state index in [0.29, 0.717) is 9.80 Å². The summed E-state index contributed by atoms with van der Waals surface area (Å²) < 4.78 is 43.9. The summed E-state index contributed by atoms with van der Waals surface area (Å²) in [6.45, 7) is 0.640. The molecule has 0 bridgehead atoms. The second-order valence-corrected chi connectivity index (χ2v) is 13.5. The Morgan fingerprint density at radius 3 is 0.844 bits per heavy atom. The topological polar surface area (TPSA) is 289 Å². The molecule has 0 atom stereocenters. The Morgan fingerprint density at radius 1 is 0.469 bits per heavy atom. The average Bonchev–Trinajstić information content (AvgIpc) is 2.51. The predicted molar refractivity (Wildman–Crippen MR) is 118 cm³/mol. The summed E-state index contributed by atoms with van der Waals surface area (Å²) >= 11 is 0. The van der Waals surface area contributed by atoms with E-state index in [2.05, 4.69) is 0 Å². The average molecular weight is 552 g/mol. The molecular formula is C12H36N4O12P4. The van der Waals surface area contributed by atoms with Crippen LogP contribution in [0.15, 0.2) is 0 Å². The van der Waals surface area contributed by atoms with Gasteiger partial charge in [0.05, 0.1) is 0 Å². The largest absolute Gasteiger partial charge is 0.339 e. The van der Waals surface area contributed by atoms with Crippen molar-refractivity contribution in [1.29, 1.82) is 0 Å². The summed E-state index contributed by atoms with van der Waals surface area (Å²) in [5.74, 6) is 0. The molecule has 32 heavy (non-hydrogen) atoms. The number of rotatable bonds is 16.